The van der Waals surface area contributed by atoms with Crippen molar-refractivity contribution in [1.29, 1.82) is 0 Å². The summed E-state index contributed by atoms with van der Waals surface area (Å²) < 4.78 is 1.98. The van der Waals surface area contributed by atoms with Gasteiger partial charge in [-0.1, -0.05) is 38.0 Å². The second kappa shape index (κ2) is 6.44. The Labute approximate surface area is 127 Å². The van der Waals surface area contributed by atoms with Crippen LogP contribution in [0.1, 0.15) is 44.3 Å². The monoisotopic (exact) mass is 283 g/mol. The molecule has 3 heteroatoms. The number of aromatic nitrogens is 2. The van der Waals surface area contributed by atoms with Gasteiger partial charge >= 0.3 is 0 Å². The minimum absolute atomic E-state index is 0.377. The Kier molecular flexibility index (Phi) is 4.39. The lowest BCUT2D eigenvalue weighted by atomic mass is 9.78. The molecule has 0 saturated heterocycles. The van der Waals surface area contributed by atoms with Crippen LogP contribution in [0, 0.1) is 11.8 Å². The van der Waals surface area contributed by atoms with Crippen molar-refractivity contribution in [3.05, 3.63) is 48.3 Å². The van der Waals surface area contributed by atoms with Gasteiger partial charge in [0.15, 0.2) is 0 Å². The van der Waals surface area contributed by atoms with Crippen molar-refractivity contribution < 1.29 is 0 Å². The maximum absolute atomic E-state index is 4.80. The van der Waals surface area contributed by atoms with E-state index in [2.05, 4.69) is 55.8 Å². The van der Waals surface area contributed by atoms with Gasteiger partial charge in [-0.15, -0.1) is 0 Å². The largest absolute Gasteiger partial charge is 0.311 e. The second-order valence-electron chi connectivity index (χ2n) is 6.31. The standard InChI is InChI=1S/C18H25N3/c1-14-8-10-15(11-9-14)18(19-2)17-12-13-21(20-17)16-6-4-3-5-7-16/h3-7,12-15,18-19H,8-11H2,1-2H3. The molecule has 0 spiro atoms. The molecule has 1 fully saturated rings. The zero-order valence-corrected chi connectivity index (χ0v) is 13.0. The zero-order valence-electron chi connectivity index (χ0n) is 13.0. The fourth-order valence-corrected chi connectivity index (χ4v) is 3.47. The number of nitrogens with zero attached hydrogens (tertiary/aromatic N) is 2. The number of rotatable bonds is 4. The van der Waals surface area contributed by atoms with E-state index in [1.165, 1.54) is 31.4 Å². The second-order valence-corrected chi connectivity index (χ2v) is 6.31. The lowest BCUT2D eigenvalue weighted by Crippen LogP contribution is -2.28. The maximum atomic E-state index is 4.80. The van der Waals surface area contributed by atoms with Crippen molar-refractivity contribution in [3.63, 3.8) is 0 Å². The highest BCUT2D eigenvalue weighted by Crippen LogP contribution is 2.36. The smallest absolute Gasteiger partial charge is 0.0801 e. The summed E-state index contributed by atoms with van der Waals surface area (Å²) in [5.41, 5.74) is 2.29. The van der Waals surface area contributed by atoms with Crippen molar-refractivity contribution in [2.24, 2.45) is 11.8 Å². The molecule has 1 N–H and O–H groups in total. The average Bonchev–Trinajstić information content (AvgIpc) is 3.00. The van der Waals surface area contributed by atoms with E-state index >= 15 is 0 Å². The Morgan fingerprint density at radius 2 is 1.81 bits per heavy atom. The molecule has 3 nitrogen and oxygen atoms in total. The first-order valence-electron chi connectivity index (χ1n) is 8.06. The van der Waals surface area contributed by atoms with Gasteiger partial charge in [-0.25, -0.2) is 4.68 Å². The van der Waals surface area contributed by atoms with E-state index < -0.39 is 0 Å². The predicted molar refractivity (Wildman–Crippen MR) is 86.5 cm³/mol. The molecular weight excluding hydrogens is 258 g/mol. The fraction of sp³-hybridized carbons (Fsp3) is 0.500. The first-order valence-corrected chi connectivity index (χ1v) is 8.06. The Bertz CT molecular complexity index is 553. The van der Waals surface area contributed by atoms with Gasteiger partial charge in [-0.3, -0.25) is 0 Å². The number of para-hydroxylation sites is 1. The summed E-state index contributed by atoms with van der Waals surface area (Å²) in [6.07, 6.45) is 7.39. The van der Waals surface area contributed by atoms with Crippen molar-refractivity contribution in [1.82, 2.24) is 15.1 Å². The molecule has 0 bridgehead atoms. The Hall–Kier alpha value is -1.61. The number of hydrogen-bond donors (Lipinski definition) is 1. The third kappa shape index (κ3) is 3.18. The summed E-state index contributed by atoms with van der Waals surface area (Å²) >= 11 is 0. The van der Waals surface area contributed by atoms with E-state index in [-0.39, 0.29) is 0 Å². The summed E-state index contributed by atoms with van der Waals surface area (Å²) in [5, 5.41) is 8.29. The van der Waals surface area contributed by atoms with Crippen LogP contribution in [0.5, 0.6) is 0 Å². The summed E-state index contributed by atoms with van der Waals surface area (Å²) in [4.78, 5) is 0. The van der Waals surface area contributed by atoms with Crippen LogP contribution in [0.15, 0.2) is 42.6 Å². The minimum Gasteiger partial charge on any atom is -0.311 e. The zero-order chi connectivity index (χ0) is 14.7. The molecule has 1 aliphatic rings. The average molecular weight is 283 g/mol. The van der Waals surface area contributed by atoms with E-state index in [9.17, 15) is 0 Å². The van der Waals surface area contributed by atoms with Crippen LogP contribution < -0.4 is 5.32 Å². The summed E-state index contributed by atoms with van der Waals surface area (Å²) in [7, 11) is 2.06. The first kappa shape index (κ1) is 14.3. The number of nitrogens with one attached hydrogen (secondary N) is 1. The fourth-order valence-electron chi connectivity index (χ4n) is 3.47. The Morgan fingerprint density at radius 3 is 2.48 bits per heavy atom. The van der Waals surface area contributed by atoms with Crippen LogP contribution >= 0.6 is 0 Å². The lowest BCUT2D eigenvalue weighted by molar-refractivity contribution is 0.235. The molecule has 1 unspecified atom stereocenters. The third-order valence-corrected chi connectivity index (χ3v) is 4.79. The Morgan fingerprint density at radius 1 is 1.10 bits per heavy atom. The molecule has 0 radical (unpaired) electrons. The highest BCUT2D eigenvalue weighted by atomic mass is 15.3. The number of benzene rings is 1. The molecule has 0 amide bonds. The van der Waals surface area contributed by atoms with E-state index in [1.54, 1.807) is 0 Å². The molecule has 1 aliphatic carbocycles. The van der Waals surface area contributed by atoms with Gasteiger partial charge < -0.3 is 5.32 Å². The van der Waals surface area contributed by atoms with Crippen molar-refractivity contribution in [3.8, 4) is 5.69 Å². The van der Waals surface area contributed by atoms with Gasteiger partial charge in [0.2, 0.25) is 0 Å². The van der Waals surface area contributed by atoms with Gasteiger partial charge in [0, 0.05) is 6.20 Å². The molecular formula is C18H25N3. The molecule has 112 valence electrons. The van der Waals surface area contributed by atoms with Crippen molar-refractivity contribution in [2.75, 3.05) is 7.05 Å². The molecule has 1 aromatic carbocycles. The van der Waals surface area contributed by atoms with Gasteiger partial charge in [-0.05, 0) is 49.9 Å². The van der Waals surface area contributed by atoms with E-state index in [1.807, 2.05) is 10.7 Å². The predicted octanol–water partition coefficient (Wildman–Crippen LogP) is 3.96. The quantitative estimate of drug-likeness (QED) is 0.920. The molecule has 1 saturated carbocycles. The molecule has 0 aliphatic heterocycles. The molecule has 2 aromatic rings. The van der Waals surface area contributed by atoms with E-state index in [0.717, 1.165) is 11.6 Å². The van der Waals surface area contributed by atoms with E-state index in [4.69, 9.17) is 5.10 Å². The molecule has 21 heavy (non-hydrogen) atoms. The normalized spacial score (nSPS) is 23.9. The summed E-state index contributed by atoms with van der Waals surface area (Å²) in [6.45, 7) is 2.37. The summed E-state index contributed by atoms with van der Waals surface area (Å²) in [5.74, 6) is 1.60. The third-order valence-electron chi connectivity index (χ3n) is 4.79. The van der Waals surface area contributed by atoms with Crippen LogP contribution in [-0.2, 0) is 0 Å². The van der Waals surface area contributed by atoms with Crippen molar-refractivity contribution >= 4 is 0 Å². The molecule has 1 heterocycles. The van der Waals surface area contributed by atoms with Gasteiger partial charge in [0.25, 0.3) is 0 Å². The molecule has 1 aromatic heterocycles. The van der Waals surface area contributed by atoms with Crippen LogP contribution in [0.25, 0.3) is 5.69 Å². The topological polar surface area (TPSA) is 29.9 Å². The Balaban J connectivity index is 1.77. The number of hydrogen-bond acceptors (Lipinski definition) is 2. The lowest BCUT2D eigenvalue weighted by Gasteiger charge is -2.31. The summed E-state index contributed by atoms with van der Waals surface area (Å²) in [6, 6.07) is 12.9. The molecule has 3 rings (SSSR count). The first-order chi connectivity index (χ1) is 10.3. The highest BCUT2D eigenvalue weighted by Gasteiger charge is 2.27. The SMILES string of the molecule is CNC(c1ccn(-c2ccccc2)n1)C1CCC(C)CC1. The van der Waals surface area contributed by atoms with Gasteiger partial charge in [-0.2, -0.15) is 5.10 Å². The van der Waals surface area contributed by atoms with Crippen LogP contribution in [0.4, 0.5) is 0 Å². The van der Waals surface area contributed by atoms with Gasteiger partial charge in [0.05, 0.1) is 17.4 Å². The van der Waals surface area contributed by atoms with E-state index in [0.29, 0.717) is 12.0 Å². The molecule has 1 atom stereocenters. The van der Waals surface area contributed by atoms with Gasteiger partial charge in [0.1, 0.15) is 0 Å². The van der Waals surface area contributed by atoms with Crippen LogP contribution in [-0.4, -0.2) is 16.8 Å². The maximum Gasteiger partial charge on any atom is 0.0801 e. The van der Waals surface area contributed by atoms with Crippen LogP contribution in [0.2, 0.25) is 0 Å². The highest BCUT2D eigenvalue weighted by molar-refractivity contribution is 5.30. The van der Waals surface area contributed by atoms with Crippen LogP contribution in [0.3, 0.4) is 0 Å². The van der Waals surface area contributed by atoms with Crippen molar-refractivity contribution in [2.45, 2.75) is 38.6 Å². The minimum atomic E-state index is 0.377.